The van der Waals surface area contributed by atoms with Crippen LogP contribution in [0.25, 0.3) is 0 Å². The Morgan fingerprint density at radius 1 is 1.18 bits per heavy atom. The third-order valence-corrected chi connectivity index (χ3v) is 6.84. The van der Waals surface area contributed by atoms with Crippen molar-refractivity contribution >= 4 is 11.6 Å². The molecular formula is C22H25FN4O. The van der Waals surface area contributed by atoms with E-state index in [2.05, 4.69) is 15.3 Å². The van der Waals surface area contributed by atoms with Crippen LogP contribution in [0.1, 0.15) is 53.8 Å². The van der Waals surface area contributed by atoms with Crippen LogP contribution >= 0.6 is 0 Å². The molecule has 6 rings (SSSR count). The first-order chi connectivity index (χ1) is 13.5. The van der Waals surface area contributed by atoms with Crippen LogP contribution in [0.5, 0.6) is 0 Å². The fraction of sp³-hybridized carbons (Fsp3) is 0.500. The third-order valence-electron chi connectivity index (χ3n) is 6.84. The number of hydrogen-bond acceptors (Lipinski definition) is 4. The van der Waals surface area contributed by atoms with E-state index in [4.69, 9.17) is 5.73 Å². The third kappa shape index (κ3) is 3.15. The normalized spacial score (nSPS) is 33.0. The van der Waals surface area contributed by atoms with Gasteiger partial charge < -0.3 is 11.1 Å². The fourth-order valence-corrected chi connectivity index (χ4v) is 5.94. The molecule has 2 aromatic rings. The second kappa shape index (κ2) is 6.54. The molecule has 2 heterocycles. The summed E-state index contributed by atoms with van der Waals surface area (Å²) in [7, 11) is 0. The quantitative estimate of drug-likeness (QED) is 0.832. The van der Waals surface area contributed by atoms with E-state index in [0.29, 0.717) is 42.6 Å². The number of nitrogens with one attached hydrogen (secondary N) is 1. The van der Waals surface area contributed by atoms with Crippen molar-refractivity contribution in [3.8, 4) is 0 Å². The standard InChI is InChI=1S/C22H25FN4O/c23-22-9-13-5-14(10-22)20(15(6-13)11-22)27-19-8-17(26-12-18(19)21(24)28)7-16-3-1-2-4-25-16/h1-4,8,12-15,20H,5-7,9-11H2,(H2,24,28)(H,26,27)/t13?,14-,15+,20?,22?. The van der Waals surface area contributed by atoms with Crippen LogP contribution in [0.4, 0.5) is 10.1 Å². The predicted octanol–water partition coefficient (Wildman–Crippen LogP) is 3.50. The highest BCUT2D eigenvalue weighted by molar-refractivity contribution is 5.98. The summed E-state index contributed by atoms with van der Waals surface area (Å²) in [5.41, 5.74) is 7.50. The molecule has 5 atom stereocenters. The lowest BCUT2D eigenvalue weighted by Crippen LogP contribution is -2.57. The van der Waals surface area contributed by atoms with Crippen LogP contribution in [-0.2, 0) is 6.42 Å². The molecule has 1 amide bonds. The van der Waals surface area contributed by atoms with E-state index in [9.17, 15) is 9.18 Å². The maximum absolute atomic E-state index is 15.0. The summed E-state index contributed by atoms with van der Waals surface area (Å²) in [6, 6.07) is 7.88. The molecule has 0 spiro atoms. The van der Waals surface area contributed by atoms with Crippen LogP contribution in [0.2, 0.25) is 0 Å². The van der Waals surface area contributed by atoms with Gasteiger partial charge in [-0.3, -0.25) is 14.8 Å². The molecule has 0 aromatic carbocycles. The number of nitrogens with two attached hydrogens (primary N) is 1. The molecule has 0 radical (unpaired) electrons. The van der Waals surface area contributed by atoms with Crippen molar-refractivity contribution in [2.45, 2.75) is 50.2 Å². The van der Waals surface area contributed by atoms with Gasteiger partial charge in [-0.2, -0.15) is 0 Å². The Hall–Kier alpha value is -2.50. The number of nitrogens with zero attached hydrogens (tertiary/aromatic N) is 2. The molecule has 28 heavy (non-hydrogen) atoms. The summed E-state index contributed by atoms with van der Waals surface area (Å²) in [6.45, 7) is 0. The average Bonchev–Trinajstić information content (AvgIpc) is 2.64. The zero-order valence-corrected chi connectivity index (χ0v) is 15.8. The smallest absolute Gasteiger partial charge is 0.252 e. The van der Waals surface area contributed by atoms with Gasteiger partial charge in [-0.1, -0.05) is 6.07 Å². The SMILES string of the molecule is NC(=O)c1cnc(Cc2ccccn2)cc1NC1[C@@H]2CC3C[C@H]1CC(F)(C3)C2. The number of anilines is 1. The summed E-state index contributed by atoms with van der Waals surface area (Å²) in [5.74, 6) is 0.673. The van der Waals surface area contributed by atoms with Crippen LogP contribution in [-0.4, -0.2) is 27.6 Å². The molecule has 3 unspecified atom stereocenters. The van der Waals surface area contributed by atoms with Gasteiger partial charge in [0.2, 0.25) is 0 Å². The van der Waals surface area contributed by atoms with E-state index < -0.39 is 11.6 Å². The number of rotatable bonds is 5. The van der Waals surface area contributed by atoms with Gasteiger partial charge in [-0.05, 0) is 68.1 Å². The number of carbonyl (C=O) groups is 1. The second-order valence-corrected chi connectivity index (χ2v) is 8.87. The molecule has 4 saturated carbocycles. The average molecular weight is 380 g/mol. The largest absolute Gasteiger partial charge is 0.381 e. The lowest BCUT2D eigenvalue weighted by atomic mass is 9.53. The minimum absolute atomic E-state index is 0.198. The predicted molar refractivity (Wildman–Crippen MR) is 105 cm³/mol. The molecule has 4 bridgehead atoms. The van der Waals surface area contributed by atoms with E-state index in [-0.39, 0.29) is 6.04 Å². The van der Waals surface area contributed by atoms with Crippen molar-refractivity contribution in [3.63, 3.8) is 0 Å². The Bertz CT molecular complexity index is 887. The zero-order valence-electron chi connectivity index (χ0n) is 15.8. The van der Waals surface area contributed by atoms with Crippen molar-refractivity contribution in [2.24, 2.45) is 23.5 Å². The van der Waals surface area contributed by atoms with Gasteiger partial charge in [0.15, 0.2) is 0 Å². The number of aromatic nitrogens is 2. The van der Waals surface area contributed by atoms with Crippen molar-refractivity contribution < 1.29 is 9.18 Å². The van der Waals surface area contributed by atoms with Crippen LogP contribution in [0.3, 0.4) is 0 Å². The summed E-state index contributed by atoms with van der Waals surface area (Å²) in [5, 5.41) is 3.59. The number of amides is 1. The Balaban J connectivity index is 1.42. The molecule has 6 heteroatoms. The van der Waals surface area contributed by atoms with Crippen molar-refractivity contribution in [3.05, 3.63) is 53.6 Å². The minimum atomic E-state index is -0.969. The monoisotopic (exact) mass is 380 g/mol. The number of carbonyl (C=O) groups excluding carboxylic acids is 1. The van der Waals surface area contributed by atoms with Gasteiger partial charge in [0, 0.05) is 36.2 Å². The first-order valence-electron chi connectivity index (χ1n) is 10.1. The highest BCUT2D eigenvalue weighted by atomic mass is 19.1. The van der Waals surface area contributed by atoms with Gasteiger partial charge in [0.1, 0.15) is 5.67 Å². The minimum Gasteiger partial charge on any atom is -0.381 e. The lowest BCUT2D eigenvalue weighted by Gasteiger charge is -2.57. The maximum Gasteiger partial charge on any atom is 0.252 e. The van der Waals surface area contributed by atoms with Crippen molar-refractivity contribution in [1.29, 1.82) is 0 Å². The fourth-order valence-electron chi connectivity index (χ4n) is 5.94. The summed E-state index contributed by atoms with van der Waals surface area (Å²) in [6.07, 6.45) is 8.06. The topological polar surface area (TPSA) is 80.9 Å². The van der Waals surface area contributed by atoms with Gasteiger partial charge in [0.05, 0.1) is 11.3 Å². The van der Waals surface area contributed by atoms with Gasteiger partial charge in [0.25, 0.3) is 5.91 Å². The molecule has 3 N–H and O–H groups in total. The number of alkyl halides is 1. The van der Waals surface area contributed by atoms with Crippen molar-refractivity contribution in [1.82, 2.24) is 9.97 Å². The summed E-state index contributed by atoms with van der Waals surface area (Å²) < 4.78 is 15.0. The molecule has 0 aliphatic heterocycles. The van der Waals surface area contributed by atoms with Gasteiger partial charge >= 0.3 is 0 Å². The number of pyridine rings is 2. The second-order valence-electron chi connectivity index (χ2n) is 8.87. The number of primary amides is 1. The van der Waals surface area contributed by atoms with E-state index in [1.54, 1.807) is 12.4 Å². The lowest BCUT2D eigenvalue weighted by molar-refractivity contribution is -0.0800. The summed E-state index contributed by atoms with van der Waals surface area (Å²) in [4.78, 5) is 20.7. The van der Waals surface area contributed by atoms with E-state index in [1.165, 1.54) is 0 Å². The zero-order chi connectivity index (χ0) is 19.3. The Kier molecular flexibility index (Phi) is 4.11. The molecule has 0 saturated heterocycles. The molecule has 4 fully saturated rings. The van der Waals surface area contributed by atoms with E-state index >= 15 is 0 Å². The Morgan fingerprint density at radius 2 is 1.96 bits per heavy atom. The Labute approximate surface area is 164 Å². The van der Waals surface area contributed by atoms with Crippen LogP contribution in [0, 0.1) is 17.8 Å². The molecule has 5 nitrogen and oxygen atoms in total. The molecule has 4 aliphatic rings. The van der Waals surface area contributed by atoms with E-state index in [1.807, 2.05) is 24.3 Å². The van der Waals surface area contributed by atoms with Gasteiger partial charge in [-0.15, -0.1) is 0 Å². The summed E-state index contributed by atoms with van der Waals surface area (Å²) >= 11 is 0. The first kappa shape index (κ1) is 17.6. The highest BCUT2D eigenvalue weighted by Crippen LogP contribution is 2.57. The molecule has 146 valence electrons. The first-order valence-corrected chi connectivity index (χ1v) is 10.1. The van der Waals surface area contributed by atoms with Gasteiger partial charge in [-0.25, -0.2) is 4.39 Å². The number of hydrogen-bond donors (Lipinski definition) is 2. The molecular weight excluding hydrogens is 355 g/mol. The van der Waals surface area contributed by atoms with Crippen LogP contribution < -0.4 is 11.1 Å². The highest BCUT2D eigenvalue weighted by Gasteiger charge is 2.56. The molecule has 2 aromatic heterocycles. The molecule has 4 aliphatic carbocycles. The van der Waals surface area contributed by atoms with Crippen LogP contribution in [0.15, 0.2) is 36.7 Å². The maximum atomic E-state index is 15.0. The van der Waals surface area contributed by atoms with Crippen molar-refractivity contribution in [2.75, 3.05) is 5.32 Å². The number of halogens is 1. The van der Waals surface area contributed by atoms with E-state index in [0.717, 1.165) is 36.3 Å². The Morgan fingerprint density at radius 3 is 2.61 bits per heavy atom.